The van der Waals surface area contributed by atoms with E-state index >= 15 is 0 Å². The molecule has 180 valence electrons. The van der Waals surface area contributed by atoms with Gasteiger partial charge in [0.1, 0.15) is 23.0 Å². The van der Waals surface area contributed by atoms with Gasteiger partial charge in [0.15, 0.2) is 5.60 Å². The van der Waals surface area contributed by atoms with E-state index in [4.69, 9.17) is 15.2 Å². The second-order valence-corrected chi connectivity index (χ2v) is 8.84. The van der Waals surface area contributed by atoms with Crippen LogP contribution < -0.4 is 15.2 Å². The summed E-state index contributed by atoms with van der Waals surface area (Å²) in [6, 6.07) is 25.5. The Bertz CT molecular complexity index is 1420. The minimum atomic E-state index is -1.17. The molecule has 9 heteroatoms. The fourth-order valence-electron chi connectivity index (χ4n) is 4.25. The molecular formula is C27H20N2O6S. The normalized spacial score (nSPS) is 13.7. The summed E-state index contributed by atoms with van der Waals surface area (Å²) in [5, 5.41) is 19.7. The van der Waals surface area contributed by atoms with Crippen molar-refractivity contribution < 1.29 is 29.3 Å². The van der Waals surface area contributed by atoms with Gasteiger partial charge in [0.25, 0.3) is 0 Å². The number of hydrogen-bond donors (Lipinski definition) is 4. The summed E-state index contributed by atoms with van der Waals surface area (Å²) in [4.78, 5) is 23.8. The molecule has 0 saturated heterocycles. The maximum atomic E-state index is 12.5. The summed E-state index contributed by atoms with van der Waals surface area (Å²) in [6.07, 6.45) is 0. The Labute approximate surface area is 210 Å². The van der Waals surface area contributed by atoms with Crippen molar-refractivity contribution in [2.24, 2.45) is 5.73 Å². The van der Waals surface area contributed by atoms with Crippen molar-refractivity contribution in [2.45, 2.75) is 10.5 Å². The van der Waals surface area contributed by atoms with Crippen molar-refractivity contribution >= 4 is 23.9 Å². The van der Waals surface area contributed by atoms with Gasteiger partial charge in [0.2, 0.25) is 0 Å². The average Bonchev–Trinajstić information content (AvgIpc) is 3.16. The summed E-state index contributed by atoms with van der Waals surface area (Å²) in [5.41, 5.74) is 6.15. The molecule has 2 aliphatic rings. The van der Waals surface area contributed by atoms with E-state index in [-0.39, 0.29) is 11.5 Å². The average molecular weight is 501 g/mol. The smallest absolute Gasteiger partial charge is 0.340 e. The van der Waals surface area contributed by atoms with Crippen LogP contribution in [0.4, 0.5) is 4.79 Å². The number of benzene rings is 4. The topological polar surface area (TPSA) is 131 Å². The Balaban J connectivity index is 0.000000205. The first-order valence-electron chi connectivity index (χ1n) is 10.8. The lowest BCUT2D eigenvalue weighted by atomic mass is 9.77. The largest absolute Gasteiger partial charge is 0.508 e. The number of ether oxygens (including phenoxy) is 2. The third kappa shape index (κ3) is 4.05. The molecule has 0 bridgehead atoms. The van der Waals surface area contributed by atoms with Crippen LogP contribution in [-0.2, 0) is 10.3 Å². The zero-order chi connectivity index (χ0) is 25.3. The highest BCUT2D eigenvalue weighted by Gasteiger charge is 2.53. The molecule has 0 aliphatic carbocycles. The number of phenolic OH excluding ortho intramolecular Hbond substituents is 2. The summed E-state index contributed by atoms with van der Waals surface area (Å²) in [6.45, 7) is 0. The number of phenols is 2. The van der Waals surface area contributed by atoms with Gasteiger partial charge in [-0.2, -0.15) is 0 Å². The number of aromatic hydroxyl groups is 2. The lowest BCUT2D eigenvalue weighted by molar-refractivity contribution is 0.0224. The van der Waals surface area contributed by atoms with E-state index < -0.39 is 17.6 Å². The summed E-state index contributed by atoms with van der Waals surface area (Å²) < 4.78 is 14.2. The highest BCUT2D eigenvalue weighted by Crippen LogP contribution is 2.56. The van der Waals surface area contributed by atoms with Crippen molar-refractivity contribution in [2.75, 3.05) is 0 Å². The fraction of sp³-hybridized carbons (Fsp3) is 0.0370. The number of primary amides is 1. The maximum Gasteiger partial charge on any atom is 0.340 e. The van der Waals surface area contributed by atoms with E-state index in [2.05, 4.69) is 4.72 Å². The maximum absolute atomic E-state index is 12.5. The number of amides is 2. The van der Waals surface area contributed by atoms with Gasteiger partial charge in [0.05, 0.1) is 5.56 Å². The molecule has 1 spiro atoms. The third-order valence-corrected chi connectivity index (χ3v) is 6.50. The number of rotatable bonds is 2. The summed E-state index contributed by atoms with van der Waals surface area (Å²) in [7, 11) is 0. The molecule has 4 aromatic rings. The van der Waals surface area contributed by atoms with E-state index in [0.717, 1.165) is 4.90 Å². The van der Waals surface area contributed by atoms with Crippen molar-refractivity contribution in [3.63, 3.8) is 0 Å². The molecule has 0 saturated carbocycles. The van der Waals surface area contributed by atoms with E-state index in [0.29, 0.717) is 33.8 Å². The van der Waals surface area contributed by atoms with Crippen LogP contribution in [0.1, 0.15) is 27.0 Å². The standard InChI is InChI=1S/C20H12O5.C7H8N2OS/c21-11-5-7-15-17(9-11)24-18-10-12(22)6-8-16(18)20(15)14-4-2-1-3-13(14)19(23)25-20;8-7(10)9-11-6-4-2-1-3-5-6/h1-10,21-22H;1-5H,(H3,8,9,10). The van der Waals surface area contributed by atoms with Crippen LogP contribution in [0.25, 0.3) is 0 Å². The highest BCUT2D eigenvalue weighted by molar-refractivity contribution is 7.98. The predicted molar refractivity (Wildman–Crippen MR) is 133 cm³/mol. The minimum absolute atomic E-state index is 0.0371. The number of hydrogen-bond acceptors (Lipinski definition) is 7. The second kappa shape index (κ2) is 9.20. The zero-order valence-electron chi connectivity index (χ0n) is 18.7. The van der Waals surface area contributed by atoms with Crippen LogP contribution in [0.15, 0.2) is 95.9 Å². The van der Waals surface area contributed by atoms with Gasteiger partial charge < -0.3 is 25.4 Å². The molecule has 8 nitrogen and oxygen atoms in total. The molecule has 2 amide bonds. The first-order chi connectivity index (χ1) is 17.4. The molecule has 2 aliphatic heterocycles. The Hall–Kier alpha value is -4.63. The molecule has 0 fully saturated rings. The second-order valence-electron chi connectivity index (χ2n) is 7.96. The van der Waals surface area contributed by atoms with Gasteiger partial charge in [-0.1, -0.05) is 36.4 Å². The van der Waals surface area contributed by atoms with Crippen LogP contribution >= 0.6 is 11.9 Å². The highest BCUT2D eigenvalue weighted by atomic mass is 32.2. The molecule has 0 aromatic heterocycles. The van der Waals surface area contributed by atoms with Crippen LogP contribution in [0, 0.1) is 0 Å². The molecule has 0 atom stereocenters. The first kappa shape index (κ1) is 23.1. The molecule has 5 N–H and O–H groups in total. The molecule has 0 radical (unpaired) electrons. The van der Waals surface area contributed by atoms with E-state index in [1.807, 2.05) is 42.5 Å². The van der Waals surface area contributed by atoms with Crippen LogP contribution in [0.2, 0.25) is 0 Å². The number of fused-ring (bicyclic) bond motifs is 6. The number of nitrogens with one attached hydrogen (secondary N) is 1. The summed E-state index contributed by atoms with van der Waals surface area (Å²) >= 11 is 1.20. The quantitative estimate of drug-likeness (QED) is 0.224. The Kier molecular flexibility index (Phi) is 5.91. The fourth-order valence-corrected chi connectivity index (χ4v) is 4.76. The van der Waals surface area contributed by atoms with Crippen molar-refractivity contribution in [1.82, 2.24) is 4.72 Å². The third-order valence-electron chi connectivity index (χ3n) is 5.69. The van der Waals surface area contributed by atoms with E-state index in [9.17, 15) is 19.8 Å². The summed E-state index contributed by atoms with van der Waals surface area (Å²) in [5.74, 6) is 0.408. The molecular weight excluding hydrogens is 480 g/mol. The monoisotopic (exact) mass is 500 g/mol. The Morgan fingerprint density at radius 3 is 2.00 bits per heavy atom. The van der Waals surface area contributed by atoms with Gasteiger partial charge >= 0.3 is 12.0 Å². The first-order valence-corrected chi connectivity index (χ1v) is 11.6. The van der Waals surface area contributed by atoms with Crippen molar-refractivity contribution in [3.8, 4) is 23.0 Å². The molecule has 36 heavy (non-hydrogen) atoms. The van der Waals surface area contributed by atoms with Gasteiger partial charge in [0, 0.05) is 33.7 Å². The van der Waals surface area contributed by atoms with Crippen LogP contribution in [0.5, 0.6) is 23.0 Å². The van der Waals surface area contributed by atoms with Gasteiger partial charge in [-0.05, 0) is 54.4 Å². The van der Waals surface area contributed by atoms with Gasteiger partial charge in [-0.25, -0.2) is 9.59 Å². The molecule has 2 heterocycles. The number of urea groups is 1. The van der Waals surface area contributed by atoms with Crippen molar-refractivity contribution in [3.05, 3.63) is 113 Å². The van der Waals surface area contributed by atoms with Crippen LogP contribution in [0.3, 0.4) is 0 Å². The van der Waals surface area contributed by atoms with Gasteiger partial charge in [-0.15, -0.1) is 0 Å². The number of esters is 1. The van der Waals surface area contributed by atoms with E-state index in [1.165, 1.54) is 36.2 Å². The zero-order valence-corrected chi connectivity index (χ0v) is 19.5. The number of carbonyl (C=O) groups excluding carboxylic acids is 2. The van der Waals surface area contributed by atoms with Crippen LogP contribution in [-0.4, -0.2) is 22.2 Å². The van der Waals surface area contributed by atoms with E-state index in [1.54, 1.807) is 24.3 Å². The lowest BCUT2D eigenvalue weighted by Gasteiger charge is -2.36. The number of carbonyl (C=O) groups is 2. The molecule has 4 aromatic carbocycles. The molecule has 6 rings (SSSR count). The number of nitrogens with two attached hydrogens (primary N) is 1. The minimum Gasteiger partial charge on any atom is -0.508 e. The predicted octanol–water partition coefficient (Wildman–Crippen LogP) is 5.03. The van der Waals surface area contributed by atoms with Gasteiger partial charge in [-0.3, -0.25) is 4.72 Å². The Morgan fingerprint density at radius 1 is 0.806 bits per heavy atom. The molecule has 0 unspecified atom stereocenters. The lowest BCUT2D eigenvalue weighted by Crippen LogP contribution is -2.32. The van der Waals surface area contributed by atoms with Crippen molar-refractivity contribution in [1.29, 1.82) is 0 Å². The Morgan fingerprint density at radius 2 is 1.39 bits per heavy atom. The SMILES string of the molecule is NC(=O)NSc1ccccc1.O=C1OC2(c3ccc(O)cc3Oc3cc(O)ccc32)c2ccccc21.